The first-order valence-electron chi connectivity index (χ1n) is 4.72. The van der Waals surface area contributed by atoms with Crippen molar-refractivity contribution in [2.24, 2.45) is 0 Å². The summed E-state index contributed by atoms with van der Waals surface area (Å²) in [7, 11) is 1.59. The maximum Gasteiger partial charge on any atom is 0.134 e. The summed E-state index contributed by atoms with van der Waals surface area (Å²) in [6.45, 7) is 0. The van der Waals surface area contributed by atoms with Crippen molar-refractivity contribution < 1.29 is 9.13 Å². The molecule has 0 aliphatic heterocycles. The van der Waals surface area contributed by atoms with Crippen molar-refractivity contribution in [3.63, 3.8) is 0 Å². The van der Waals surface area contributed by atoms with E-state index in [1.165, 1.54) is 12.1 Å². The van der Waals surface area contributed by atoms with Gasteiger partial charge in [0, 0.05) is 16.1 Å². The van der Waals surface area contributed by atoms with E-state index in [-0.39, 0.29) is 5.82 Å². The molecule has 1 radical (unpaired) electrons. The van der Waals surface area contributed by atoms with Crippen LogP contribution in [-0.2, 0) is 0 Å². The summed E-state index contributed by atoms with van der Waals surface area (Å²) < 4.78 is 18.9. The third-order valence-corrected chi connectivity index (χ3v) is 2.90. The van der Waals surface area contributed by atoms with Crippen molar-refractivity contribution in [2.75, 3.05) is 7.11 Å². The number of para-hydroxylation sites is 1. The van der Waals surface area contributed by atoms with Gasteiger partial charge in [-0.15, -0.1) is 0 Å². The van der Waals surface area contributed by atoms with Crippen molar-refractivity contribution in [1.82, 2.24) is 0 Å². The van der Waals surface area contributed by atoms with Gasteiger partial charge in [0.25, 0.3) is 0 Å². The fourth-order valence-corrected chi connectivity index (χ4v) is 2.07. The lowest BCUT2D eigenvalue weighted by Gasteiger charge is -2.09. The zero-order chi connectivity index (χ0) is 11.5. The lowest BCUT2D eigenvalue weighted by molar-refractivity contribution is 0.415. The highest BCUT2D eigenvalue weighted by Gasteiger charge is 2.09. The number of benzene rings is 2. The number of ether oxygens (including phenoxy) is 1. The van der Waals surface area contributed by atoms with Gasteiger partial charge in [0.2, 0.25) is 0 Å². The van der Waals surface area contributed by atoms with Crippen LogP contribution in [0.4, 0.5) is 4.39 Å². The Hall–Kier alpha value is -1.35. The van der Waals surface area contributed by atoms with Crippen molar-refractivity contribution in [1.29, 1.82) is 0 Å². The molecular formula is C13H9BrFO. The molecule has 0 unspecified atom stereocenters. The van der Waals surface area contributed by atoms with E-state index in [0.717, 1.165) is 11.1 Å². The molecule has 0 spiro atoms. The zero-order valence-corrected chi connectivity index (χ0v) is 10.2. The fraction of sp³-hybridized carbons (Fsp3) is 0.0769. The largest absolute Gasteiger partial charge is 0.495 e. The first-order chi connectivity index (χ1) is 7.72. The van der Waals surface area contributed by atoms with Crippen LogP contribution >= 0.6 is 15.9 Å². The molecule has 0 saturated heterocycles. The first-order valence-corrected chi connectivity index (χ1v) is 5.52. The van der Waals surface area contributed by atoms with Gasteiger partial charge in [-0.25, -0.2) is 4.39 Å². The summed E-state index contributed by atoms with van der Waals surface area (Å²) in [5.41, 5.74) is 1.77. The van der Waals surface area contributed by atoms with Gasteiger partial charge in [-0.3, -0.25) is 0 Å². The predicted octanol–water partition coefficient (Wildman–Crippen LogP) is 4.06. The Balaban J connectivity index is 2.58. The van der Waals surface area contributed by atoms with E-state index in [9.17, 15) is 4.39 Å². The van der Waals surface area contributed by atoms with Crippen LogP contribution in [0, 0.1) is 11.9 Å². The summed E-state index contributed by atoms with van der Waals surface area (Å²) in [5.74, 6) is 0.379. The maximum absolute atomic E-state index is 13.0. The van der Waals surface area contributed by atoms with Crippen LogP contribution < -0.4 is 4.74 Å². The Kier molecular flexibility index (Phi) is 3.25. The summed E-state index contributed by atoms with van der Waals surface area (Å²) in [6.07, 6.45) is 0. The number of methoxy groups -OCH3 is 1. The Labute approximate surface area is 102 Å². The molecular weight excluding hydrogens is 271 g/mol. The van der Waals surface area contributed by atoms with E-state index in [1.54, 1.807) is 19.2 Å². The van der Waals surface area contributed by atoms with Crippen molar-refractivity contribution in [3.8, 4) is 16.9 Å². The van der Waals surface area contributed by atoms with Gasteiger partial charge in [-0.2, -0.15) is 0 Å². The molecule has 2 aromatic carbocycles. The minimum atomic E-state index is -0.269. The maximum atomic E-state index is 13.0. The van der Waals surface area contributed by atoms with Gasteiger partial charge in [0.05, 0.1) is 7.11 Å². The van der Waals surface area contributed by atoms with Gasteiger partial charge in [0.1, 0.15) is 11.6 Å². The number of hydrogen-bond donors (Lipinski definition) is 0. The quantitative estimate of drug-likeness (QED) is 0.806. The molecule has 0 amide bonds. The third-order valence-electron chi connectivity index (χ3n) is 2.24. The number of halogens is 2. The molecule has 0 bridgehead atoms. The minimum Gasteiger partial charge on any atom is -0.495 e. The molecule has 0 heterocycles. The molecule has 0 atom stereocenters. The average molecular weight is 280 g/mol. The van der Waals surface area contributed by atoms with Crippen LogP contribution in [0.15, 0.2) is 40.9 Å². The van der Waals surface area contributed by atoms with E-state index in [4.69, 9.17) is 4.74 Å². The molecule has 0 fully saturated rings. The van der Waals surface area contributed by atoms with Crippen LogP contribution in [0.5, 0.6) is 5.75 Å². The van der Waals surface area contributed by atoms with Crippen molar-refractivity contribution >= 4 is 15.9 Å². The van der Waals surface area contributed by atoms with Gasteiger partial charge < -0.3 is 4.74 Å². The first kappa shape index (κ1) is 11.1. The van der Waals surface area contributed by atoms with Crippen LogP contribution in [0.3, 0.4) is 0 Å². The van der Waals surface area contributed by atoms with Crippen LogP contribution in [0.1, 0.15) is 0 Å². The lowest BCUT2D eigenvalue weighted by Crippen LogP contribution is -1.89. The van der Waals surface area contributed by atoms with Gasteiger partial charge in [-0.05, 0) is 17.7 Å². The Bertz CT molecular complexity index is 511. The highest BCUT2D eigenvalue weighted by Crippen LogP contribution is 2.34. The highest BCUT2D eigenvalue weighted by molar-refractivity contribution is 9.10. The lowest BCUT2D eigenvalue weighted by atomic mass is 10.0. The second-order valence-corrected chi connectivity index (χ2v) is 4.10. The van der Waals surface area contributed by atoms with Gasteiger partial charge >= 0.3 is 0 Å². The molecule has 1 nitrogen and oxygen atoms in total. The molecule has 81 valence electrons. The topological polar surface area (TPSA) is 9.23 Å². The Morgan fingerprint density at radius 2 is 2.06 bits per heavy atom. The summed E-state index contributed by atoms with van der Waals surface area (Å²) in [6, 6.07) is 13.1. The third kappa shape index (κ3) is 2.09. The van der Waals surface area contributed by atoms with Crippen LogP contribution in [-0.4, -0.2) is 7.11 Å². The molecule has 3 heteroatoms. The molecule has 0 aliphatic carbocycles. The monoisotopic (exact) mass is 279 g/mol. The Morgan fingerprint density at radius 3 is 2.75 bits per heavy atom. The van der Waals surface area contributed by atoms with E-state index in [1.807, 2.05) is 12.1 Å². The number of rotatable bonds is 2. The number of hydrogen-bond acceptors (Lipinski definition) is 1. The fourth-order valence-electron chi connectivity index (χ4n) is 1.51. The second-order valence-electron chi connectivity index (χ2n) is 3.24. The Morgan fingerprint density at radius 1 is 1.25 bits per heavy atom. The van der Waals surface area contributed by atoms with E-state index in [0.29, 0.717) is 10.2 Å². The van der Waals surface area contributed by atoms with Gasteiger partial charge in [-0.1, -0.05) is 40.2 Å². The minimum absolute atomic E-state index is 0.269. The van der Waals surface area contributed by atoms with Crippen molar-refractivity contribution in [2.45, 2.75) is 0 Å². The molecule has 2 aromatic rings. The molecule has 0 aliphatic rings. The highest BCUT2D eigenvalue weighted by atomic mass is 79.9. The van der Waals surface area contributed by atoms with E-state index in [2.05, 4.69) is 22.0 Å². The second kappa shape index (κ2) is 4.66. The average Bonchev–Trinajstić information content (AvgIpc) is 2.29. The molecule has 16 heavy (non-hydrogen) atoms. The van der Waals surface area contributed by atoms with E-state index >= 15 is 0 Å². The van der Waals surface area contributed by atoms with Crippen molar-refractivity contribution in [3.05, 3.63) is 52.8 Å². The zero-order valence-electron chi connectivity index (χ0n) is 8.63. The molecule has 0 N–H and O–H groups in total. The molecule has 0 saturated carbocycles. The van der Waals surface area contributed by atoms with Crippen LogP contribution in [0.2, 0.25) is 0 Å². The summed E-state index contributed by atoms with van der Waals surface area (Å²) in [4.78, 5) is 0. The normalized spacial score (nSPS) is 10.2. The molecule has 0 aromatic heterocycles. The molecule has 2 rings (SSSR count). The summed E-state index contributed by atoms with van der Waals surface area (Å²) >= 11 is 3.34. The SMILES string of the molecule is COc1[c]cccc1-c1ccc(F)cc1Br. The van der Waals surface area contributed by atoms with E-state index < -0.39 is 0 Å². The van der Waals surface area contributed by atoms with Crippen LogP contribution in [0.25, 0.3) is 11.1 Å². The predicted molar refractivity (Wildman–Crippen MR) is 64.9 cm³/mol. The smallest absolute Gasteiger partial charge is 0.134 e. The van der Waals surface area contributed by atoms with Gasteiger partial charge in [0.15, 0.2) is 0 Å². The standard InChI is InChI=1S/C13H9BrFO/c1-16-13-5-3-2-4-11(13)10-7-6-9(15)8-12(10)14/h2-4,6-8H,1H3. The summed E-state index contributed by atoms with van der Waals surface area (Å²) in [5, 5.41) is 0.